The molecule has 1 aliphatic heterocycles. The third-order valence-electron chi connectivity index (χ3n) is 4.03. The van der Waals surface area contributed by atoms with E-state index in [0.29, 0.717) is 24.3 Å². The molecule has 1 saturated heterocycles. The van der Waals surface area contributed by atoms with Gasteiger partial charge in [0.05, 0.1) is 18.6 Å². The number of ether oxygens (including phenoxy) is 2. The van der Waals surface area contributed by atoms with Gasteiger partial charge in [-0.05, 0) is 38.0 Å². The predicted octanol–water partition coefficient (Wildman–Crippen LogP) is 1.41. The molecule has 0 spiro atoms. The van der Waals surface area contributed by atoms with E-state index in [1.807, 2.05) is 0 Å². The van der Waals surface area contributed by atoms with E-state index < -0.39 is 23.5 Å². The van der Waals surface area contributed by atoms with E-state index in [0.717, 1.165) is 6.42 Å². The van der Waals surface area contributed by atoms with Crippen molar-refractivity contribution in [3.8, 4) is 0 Å². The third kappa shape index (κ3) is 5.53. The highest BCUT2D eigenvalue weighted by molar-refractivity contribution is 5.98. The maximum Gasteiger partial charge on any atom is 0.305 e. The summed E-state index contributed by atoms with van der Waals surface area (Å²) in [5.74, 6) is -1.73. The van der Waals surface area contributed by atoms with Crippen molar-refractivity contribution < 1.29 is 29.0 Å². The van der Waals surface area contributed by atoms with Crippen molar-refractivity contribution in [2.75, 3.05) is 25.6 Å². The first-order valence-corrected chi connectivity index (χ1v) is 8.39. The van der Waals surface area contributed by atoms with Crippen LogP contribution in [-0.2, 0) is 19.1 Å². The maximum absolute atomic E-state index is 12.5. The average molecular weight is 364 g/mol. The summed E-state index contributed by atoms with van der Waals surface area (Å²) in [6.07, 6.45) is 0.786. The van der Waals surface area contributed by atoms with Gasteiger partial charge in [0.1, 0.15) is 6.10 Å². The fraction of sp³-hybridized carbons (Fsp3) is 0.500. The first-order valence-electron chi connectivity index (χ1n) is 8.39. The Morgan fingerprint density at radius 3 is 2.77 bits per heavy atom. The Labute approximate surface area is 151 Å². The molecule has 1 aliphatic rings. The quantitative estimate of drug-likeness (QED) is 0.643. The minimum atomic E-state index is -1.05. The van der Waals surface area contributed by atoms with Gasteiger partial charge in [0.2, 0.25) is 0 Å². The highest BCUT2D eigenvalue weighted by Gasteiger charge is 2.30. The topological polar surface area (TPSA) is 114 Å². The molecule has 142 valence electrons. The molecule has 8 nitrogen and oxygen atoms in total. The zero-order valence-corrected chi connectivity index (χ0v) is 14.9. The lowest BCUT2D eigenvalue weighted by Crippen LogP contribution is -2.50. The number of nitrogens with one attached hydrogen (secondary N) is 2. The minimum Gasteiger partial charge on any atom is -0.481 e. The summed E-state index contributed by atoms with van der Waals surface area (Å²) < 4.78 is 10.4. The van der Waals surface area contributed by atoms with Gasteiger partial charge in [-0.15, -0.1) is 0 Å². The molecule has 3 N–H and O–H groups in total. The van der Waals surface area contributed by atoms with E-state index in [-0.39, 0.29) is 18.9 Å². The molecule has 8 heteroatoms. The van der Waals surface area contributed by atoms with Gasteiger partial charge in [0, 0.05) is 25.0 Å². The monoisotopic (exact) mass is 364 g/mol. The molecule has 0 aliphatic carbocycles. The number of anilines is 1. The van der Waals surface area contributed by atoms with Gasteiger partial charge >= 0.3 is 5.97 Å². The summed E-state index contributed by atoms with van der Waals surface area (Å²) in [6, 6.07) is 6.45. The van der Waals surface area contributed by atoms with Crippen LogP contribution in [0.3, 0.4) is 0 Å². The van der Waals surface area contributed by atoms with Crippen LogP contribution in [0.1, 0.15) is 36.5 Å². The molecule has 1 heterocycles. The molecule has 2 amide bonds. The second kappa shape index (κ2) is 8.77. The van der Waals surface area contributed by atoms with Gasteiger partial charge in [-0.2, -0.15) is 0 Å². The number of amides is 2. The average Bonchev–Trinajstić information content (AvgIpc) is 3.08. The first-order chi connectivity index (χ1) is 12.3. The second-order valence-electron chi connectivity index (χ2n) is 6.59. The number of carboxylic acids is 1. The zero-order chi connectivity index (χ0) is 19.2. The lowest BCUT2D eigenvalue weighted by molar-refractivity contribution is -0.139. The first kappa shape index (κ1) is 19.9. The molecular formula is C18H24N2O6. The van der Waals surface area contributed by atoms with Crippen molar-refractivity contribution in [1.82, 2.24) is 5.32 Å². The SMILES string of the molecule is COCC(C)(CC(=O)O)NC(=O)c1cccc(NC(=O)C2CCCO2)c1. The van der Waals surface area contributed by atoms with E-state index in [1.165, 1.54) is 13.2 Å². The Morgan fingerprint density at radius 1 is 1.38 bits per heavy atom. The van der Waals surface area contributed by atoms with Crippen molar-refractivity contribution in [3.63, 3.8) is 0 Å². The maximum atomic E-state index is 12.5. The molecule has 0 radical (unpaired) electrons. The summed E-state index contributed by atoms with van der Waals surface area (Å²) in [4.78, 5) is 35.7. The van der Waals surface area contributed by atoms with Crippen molar-refractivity contribution in [1.29, 1.82) is 0 Å². The van der Waals surface area contributed by atoms with E-state index in [9.17, 15) is 14.4 Å². The number of hydrogen-bond acceptors (Lipinski definition) is 5. The van der Waals surface area contributed by atoms with Crippen LogP contribution in [0.2, 0.25) is 0 Å². The molecule has 26 heavy (non-hydrogen) atoms. The second-order valence-corrected chi connectivity index (χ2v) is 6.59. The summed E-state index contributed by atoms with van der Waals surface area (Å²) in [7, 11) is 1.44. The minimum absolute atomic E-state index is 0.0560. The Kier molecular flexibility index (Phi) is 6.70. The van der Waals surface area contributed by atoms with Crippen molar-refractivity contribution in [2.24, 2.45) is 0 Å². The molecule has 1 aromatic rings. The van der Waals surface area contributed by atoms with Crippen LogP contribution in [0.15, 0.2) is 24.3 Å². The smallest absolute Gasteiger partial charge is 0.305 e. The number of aliphatic carboxylic acids is 1. The highest BCUT2D eigenvalue weighted by atomic mass is 16.5. The molecule has 1 fully saturated rings. The Morgan fingerprint density at radius 2 is 2.15 bits per heavy atom. The number of benzene rings is 1. The highest BCUT2D eigenvalue weighted by Crippen LogP contribution is 2.17. The van der Waals surface area contributed by atoms with Crippen LogP contribution in [0, 0.1) is 0 Å². The summed E-state index contributed by atoms with van der Waals surface area (Å²) in [5, 5.41) is 14.5. The number of methoxy groups -OCH3 is 1. The van der Waals surface area contributed by atoms with Crippen LogP contribution in [-0.4, -0.2) is 54.9 Å². The number of carbonyl (C=O) groups excluding carboxylic acids is 2. The van der Waals surface area contributed by atoms with E-state index in [1.54, 1.807) is 25.1 Å². The van der Waals surface area contributed by atoms with Gasteiger partial charge in [-0.25, -0.2) is 0 Å². The van der Waals surface area contributed by atoms with Crippen molar-refractivity contribution in [3.05, 3.63) is 29.8 Å². The normalized spacial score (nSPS) is 18.8. The summed E-state index contributed by atoms with van der Waals surface area (Å²) in [5.41, 5.74) is -0.262. The van der Waals surface area contributed by atoms with Crippen LogP contribution < -0.4 is 10.6 Å². The van der Waals surface area contributed by atoms with Crippen molar-refractivity contribution >= 4 is 23.5 Å². The number of rotatable bonds is 8. The van der Waals surface area contributed by atoms with Gasteiger partial charge in [-0.3, -0.25) is 14.4 Å². The lowest BCUT2D eigenvalue weighted by atomic mass is 9.98. The van der Waals surface area contributed by atoms with Crippen LogP contribution in [0.5, 0.6) is 0 Å². The zero-order valence-electron chi connectivity index (χ0n) is 14.9. The lowest BCUT2D eigenvalue weighted by Gasteiger charge is -2.28. The van der Waals surface area contributed by atoms with Gasteiger partial charge in [0.25, 0.3) is 11.8 Å². The van der Waals surface area contributed by atoms with Crippen molar-refractivity contribution in [2.45, 2.75) is 37.8 Å². The van der Waals surface area contributed by atoms with Crippen LogP contribution >= 0.6 is 0 Å². The molecule has 0 aromatic heterocycles. The Bertz CT molecular complexity index is 671. The number of carbonyl (C=O) groups is 3. The molecule has 2 rings (SSSR count). The standard InChI is InChI=1S/C18H24N2O6/c1-18(11-25-2,10-15(21)22)20-16(23)12-5-3-6-13(9-12)19-17(24)14-7-4-8-26-14/h3,5-6,9,14H,4,7-8,10-11H2,1-2H3,(H,19,24)(H,20,23)(H,21,22). The van der Waals surface area contributed by atoms with E-state index in [2.05, 4.69) is 10.6 Å². The molecule has 0 bridgehead atoms. The number of carboxylic acid groups (broad SMARTS) is 1. The van der Waals surface area contributed by atoms with Gasteiger partial charge in [0.15, 0.2) is 0 Å². The number of hydrogen-bond donors (Lipinski definition) is 3. The molecule has 0 saturated carbocycles. The van der Waals surface area contributed by atoms with Gasteiger partial charge in [-0.1, -0.05) is 6.07 Å². The molecule has 2 unspecified atom stereocenters. The third-order valence-corrected chi connectivity index (χ3v) is 4.03. The summed E-state index contributed by atoms with van der Waals surface area (Å²) in [6.45, 7) is 2.23. The van der Waals surface area contributed by atoms with Crippen LogP contribution in [0.4, 0.5) is 5.69 Å². The fourth-order valence-electron chi connectivity index (χ4n) is 2.88. The molecule has 1 aromatic carbocycles. The summed E-state index contributed by atoms with van der Waals surface area (Å²) >= 11 is 0. The Balaban J connectivity index is 2.06. The molecular weight excluding hydrogens is 340 g/mol. The van der Waals surface area contributed by atoms with E-state index in [4.69, 9.17) is 14.6 Å². The van der Waals surface area contributed by atoms with Gasteiger partial charge < -0.3 is 25.2 Å². The van der Waals surface area contributed by atoms with Crippen LogP contribution in [0.25, 0.3) is 0 Å². The Hall–Kier alpha value is -2.45. The fourth-order valence-corrected chi connectivity index (χ4v) is 2.88. The predicted molar refractivity (Wildman–Crippen MR) is 94.0 cm³/mol. The molecule has 2 atom stereocenters. The largest absolute Gasteiger partial charge is 0.481 e. The van der Waals surface area contributed by atoms with E-state index >= 15 is 0 Å².